The zero-order valence-electron chi connectivity index (χ0n) is 17.8. The molecule has 1 fully saturated rings. The Balaban J connectivity index is 1.78. The van der Waals surface area contributed by atoms with Gasteiger partial charge in [0.05, 0.1) is 18.6 Å². The minimum Gasteiger partial charge on any atom is -0.466 e. The van der Waals surface area contributed by atoms with Gasteiger partial charge in [-0.3, -0.25) is 14.4 Å². The quantitative estimate of drug-likeness (QED) is 0.249. The number of hydrogen-bond acceptors (Lipinski definition) is 4. The van der Waals surface area contributed by atoms with Gasteiger partial charge in [-0.1, -0.05) is 64.0 Å². The van der Waals surface area contributed by atoms with Gasteiger partial charge < -0.3 is 15.0 Å². The van der Waals surface area contributed by atoms with Crippen LogP contribution in [0.15, 0.2) is 24.3 Å². The first kappa shape index (κ1) is 24.6. The zero-order valence-corrected chi connectivity index (χ0v) is 20.0. The number of benzene rings is 1. The number of nitrogens with one attached hydrogen (secondary N) is 1. The number of halogens is 1. The van der Waals surface area contributed by atoms with Gasteiger partial charge in [0, 0.05) is 16.7 Å². The second-order valence-corrected chi connectivity index (χ2v) is 8.85. The van der Waals surface area contributed by atoms with E-state index in [0.717, 1.165) is 22.8 Å². The molecular formula is C23H33IN2O4. The monoisotopic (exact) mass is 528 g/mol. The van der Waals surface area contributed by atoms with Crippen molar-refractivity contribution in [3.8, 4) is 0 Å². The summed E-state index contributed by atoms with van der Waals surface area (Å²) in [5.74, 6) is -0.958. The lowest BCUT2D eigenvalue weighted by Crippen LogP contribution is -2.58. The van der Waals surface area contributed by atoms with Gasteiger partial charge in [-0.25, -0.2) is 0 Å². The van der Waals surface area contributed by atoms with Gasteiger partial charge in [0.2, 0.25) is 5.91 Å². The maximum atomic E-state index is 13.0. The van der Waals surface area contributed by atoms with E-state index in [9.17, 15) is 14.4 Å². The molecular weight excluding hydrogens is 495 g/mol. The minimum atomic E-state index is -0.826. The van der Waals surface area contributed by atoms with Crippen molar-refractivity contribution in [3.05, 3.63) is 33.4 Å². The molecule has 1 atom stereocenters. The molecule has 0 aromatic heterocycles. The maximum Gasteiger partial charge on any atom is 0.308 e. The molecule has 1 N–H and O–H groups in total. The summed E-state index contributed by atoms with van der Waals surface area (Å²) < 4.78 is 6.16. The van der Waals surface area contributed by atoms with E-state index in [1.165, 1.54) is 37.0 Å². The zero-order chi connectivity index (χ0) is 21.8. The highest BCUT2D eigenvalue weighted by atomic mass is 127. The highest BCUT2D eigenvalue weighted by Gasteiger charge is 2.36. The van der Waals surface area contributed by atoms with Crippen LogP contribution in [0.2, 0.25) is 0 Å². The van der Waals surface area contributed by atoms with Crippen molar-refractivity contribution in [3.63, 3.8) is 0 Å². The number of esters is 1. The Labute approximate surface area is 193 Å². The van der Waals surface area contributed by atoms with Gasteiger partial charge in [0.25, 0.3) is 5.91 Å². The van der Waals surface area contributed by atoms with Crippen LogP contribution in [-0.4, -0.2) is 48.4 Å². The van der Waals surface area contributed by atoms with Crippen molar-refractivity contribution in [2.45, 2.75) is 70.8 Å². The van der Waals surface area contributed by atoms with Gasteiger partial charge in [-0.05, 0) is 41.1 Å². The Morgan fingerprint density at radius 2 is 1.77 bits per heavy atom. The topological polar surface area (TPSA) is 75.7 Å². The lowest BCUT2D eigenvalue weighted by atomic mass is 10.1. The number of carbonyl (C=O) groups is 3. The van der Waals surface area contributed by atoms with Gasteiger partial charge in [0.1, 0.15) is 6.04 Å². The fourth-order valence-corrected chi connectivity index (χ4v) is 4.21. The van der Waals surface area contributed by atoms with Gasteiger partial charge >= 0.3 is 5.97 Å². The number of rotatable bonds is 12. The fourth-order valence-electron chi connectivity index (χ4n) is 3.59. The van der Waals surface area contributed by atoms with Crippen molar-refractivity contribution in [2.24, 2.45) is 0 Å². The molecule has 0 radical (unpaired) electrons. The average molecular weight is 528 g/mol. The van der Waals surface area contributed by atoms with Crippen LogP contribution in [0.25, 0.3) is 0 Å². The van der Waals surface area contributed by atoms with Crippen molar-refractivity contribution in [1.82, 2.24) is 10.2 Å². The molecule has 1 heterocycles. The Kier molecular flexibility index (Phi) is 11.2. The number of hydrogen-bond donors (Lipinski definition) is 1. The summed E-state index contributed by atoms with van der Waals surface area (Å²) in [6.07, 6.45) is 9.27. The molecule has 1 unspecified atom stereocenters. The molecule has 7 heteroatoms. The molecule has 166 valence electrons. The second-order valence-electron chi connectivity index (χ2n) is 7.68. The Hall–Kier alpha value is -1.64. The van der Waals surface area contributed by atoms with Crippen molar-refractivity contribution in [1.29, 1.82) is 0 Å². The summed E-state index contributed by atoms with van der Waals surface area (Å²) in [5, 5.41) is 2.75. The number of carbonyl (C=O) groups excluding carboxylic acids is 3. The van der Waals surface area contributed by atoms with Gasteiger partial charge in [0.15, 0.2) is 0 Å². The Bertz CT molecular complexity index is 710. The van der Waals surface area contributed by atoms with Crippen molar-refractivity contribution >= 4 is 40.4 Å². The summed E-state index contributed by atoms with van der Waals surface area (Å²) in [4.78, 5) is 39.1. The number of unbranched alkanes of at least 4 members (excludes halogenated alkanes) is 7. The van der Waals surface area contributed by atoms with Crippen molar-refractivity contribution < 1.29 is 19.1 Å². The number of nitrogens with zero attached hydrogens (tertiary/aromatic N) is 1. The molecule has 6 nitrogen and oxygen atoms in total. The summed E-state index contributed by atoms with van der Waals surface area (Å²) in [6.45, 7) is 3.35. The third-order valence-electron chi connectivity index (χ3n) is 5.32. The highest BCUT2D eigenvalue weighted by molar-refractivity contribution is 14.1. The van der Waals surface area contributed by atoms with E-state index in [2.05, 4.69) is 34.8 Å². The predicted octanol–water partition coefficient (Wildman–Crippen LogP) is 4.31. The fraction of sp³-hybridized carbons (Fsp3) is 0.609. The number of ether oxygens (including phenoxy) is 1. The standard InChI is InChI=1S/C23H33IN2O4/c1-2-3-4-5-6-7-8-11-16-30-21(27)17-20-22(28)25-14-15-26(20)23(29)18-12-9-10-13-19(18)24/h9-10,12-13,20H,2-8,11,14-17H2,1H3,(H,25,28). The van der Waals surface area contributed by atoms with E-state index in [1.807, 2.05) is 12.1 Å². The van der Waals surface area contributed by atoms with Crippen LogP contribution < -0.4 is 5.32 Å². The van der Waals surface area contributed by atoms with Gasteiger partial charge in [-0.15, -0.1) is 0 Å². The van der Waals surface area contributed by atoms with E-state index in [-0.39, 0.29) is 18.2 Å². The lowest BCUT2D eigenvalue weighted by molar-refractivity contribution is -0.147. The number of piperazine rings is 1. The molecule has 1 aromatic carbocycles. The third kappa shape index (κ3) is 7.89. The molecule has 1 aliphatic rings. The third-order valence-corrected chi connectivity index (χ3v) is 6.26. The first-order valence-electron chi connectivity index (χ1n) is 11.0. The average Bonchev–Trinajstić information content (AvgIpc) is 2.74. The van der Waals surface area contributed by atoms with Crippen molar-refractivity contribution in [2.75, 3.05) is 19.7 Å². The smallest absolute Gasteiger partial charge is 0.308 e. The molecule has 1 saturated heterocycles. The first-order chi connectivity index (χ1) is 14.5. The molecule has 0 saturated carbocycles. The second kappa shape index (κ2) is 13.6. The SMILES string of the molecule is CCCCCCCCCCOC(=O)CC1C(=O)NCCN1C(=O)c1ccccc1I. The summed E-state index contributed by atoms with van der Waals surface area (Å²) in [7, 11) is 0. The predicted molar refractivity (Wildman–Crippen MR) is 125 cm³/mol. The highest BCUT2D eigenvalue weighted by Crippen LogP contribution is 2.19. The van der Waals surface area contributed by atoms with E-state index in [4.69, 9.17) is 4.74 Å². The van der Waals surface area contributed by atoms with Crippen LogP contribution in [0.1, 0.15) is 75.1 Å². The van der Waals surface area contributed by atoms with Crippen LogP contribution in [-0.2, 0) is 14.3 Å². The summed E-state index contributed by atoms with van der Waals surface area (Å²) >= 11 is 2.11. The minimum absolute atomic E-state index is 0.113. The van der Waals surface area contributed by atoms with Crippen LogP contribution in [0.3, 0.4) is 0 Å². The van der Waals surface area contributed by atoms with E-state index in [1.54, 1.807) is 12.1 Å². The van der Waals surface area contributed by atoms with Crippen LogP contribution in [0, 0.1) is 3.57 Å². The van der Waals surface area contributed by atoms with E-state index >= 15 is 0 Å². The first-order valence-corrected chi connectivity index (χ1v) is 12.1. The molecule has 2 amide bonds. The molecule has 2 rings (SSSR count). The van der Waals surface area contributed by atoms with E-state index in [0.29, 0.717) is 25.3 Å². The van der Waals surface area contributed by atoms with Crippen LogP contribution >= 0.6 is 22.6 Å². The molecule has 30 heavy (non-hydrogen) atoms. The lowest BCUT2D eigenvalue weighted by Gasteiger charge is -2.34. The molecule has 0 bridgehead atoms. The maximum absolute atomic E-state index is 13.0. The Morgan fingerprint density at radius 1 is 1.10 bits per heavy atom. The summed E-state index contributed by atoms with van der Waals surface area (Å²) in [6, 6.07) is 6.43. The molecule has 0 aliphatic carbocycles. The normalized spacial score (nSPS) is 16.3. The largest absolute Gasteiger partial charge is 0.466 e. The Morgan fingerprint density at radius 3 is 2.47 bits per heavy atom. The van der Waals surface area contributed by atoms with Crippen LogP contribution in [0.5, 0.6) is 0 Å². The van der Waals surface area contributed by atoms with Crippen LogP contribution in [0.4, 0.5) is 0 Å². The number of amides is 2. The molecule has 1 aromatic rings. The molecule has 1 aliphatic heterocycles. The summed E-state index contributed by atoms with van der Waals surface area (Å²) in [5.41, 5.74) is 0.546. The van der Waals surface area contributed by atoms with Gasteiger partial charge in [-0.2, -0.15) is 0 Å². The van der Waals surface area contributed by atoms with E-state index < -0.39 is 12.0 Å². The molecule has 0 spiro atoms.